The molecule has 1 aromatic rings. The quantitative estimate of drug-likeness (QED) is 0.852. The fraction of sp³-hybridized carbons (Fsp3) is 0.500. The van der Waals surface area contributed by atoms with Crippen LogP contribution >= 0.6 is 0 Å². The fourth-order valence-electron chi connectivity index (χ4n) is 2.20. The second-order valence-electron chi connectivity index (χ2n) is 4.68. The Morgan fingerprint density at radius 3 is 2.78 bits per heavy atom. The van der Waals surface area contributed by atoms with E-state index in [1.807, 2.05) is 19.1 Å². The highest BCUT2D eigenvalue weighted by Gasteiger charge is 2.16. The lowest BCUT2D eigenvalue weighted by atomic mass is 10.1. The molecule has 1 aliphatic rings. The number of ether oxygens (including phenoxy) is 1. The van der Waals surface area contributed by atoms with Crippen LogP contribution in [0.5, 0.6) is 5.75 Å². The van der Waals surface area contributed by atoms with Crippen molar-refractivity contribution >= 4 is 5.91 Å². The first-order valence-corrected chi connectivity index (χ1v) is 6.37. The summed E-state index contributed by atoms with van der Waals surface area (Å²) in [5.74, 6) is 0.744. The van der Waals surface area contributed by atoms with Gasteiger partial charge in [0.2, 0.25) is 0 Å². The molecule has 98 valence electrons. The molecule has 0 unspecified atom stereocenters. The van der Waals surface area contributed by atoms with E-state index in [9.17, 15) is 4.79 Å². The van der Waals surface area contributed by atoms with Gasteiger partial charge in [-0.2, -0.15) is 0 Å². The average molecular weight is 248 g/mol. The van der Waals surface area contributed by atoms with E-state index in [1.54, 1.807) is 13.2 Å². The van der Waals surface area contributed by atoms with Crippen LogP contribution in [0.1, 0.15) is 28.8 Å². The van der Waals surface area contributed by atoms with Crippen molar-refractivity contribution in [2.75, 3.05) is 20.2 Å². The summed E-state index contributed by atoms with van der Waals surface area (Å²) in [7, 11) is 1.62. The second-order valence-corrected chi connectivity index (χ2v) is 4.68. The summed E-state index contributed by atoms with van der Waals surface area (Å²) >= 11 is 0. The Morgan fingerprint density at radius 1 is 1.39 bits per heavy atom. The number of hydrogen-bond donors (Lipinski definition) is 2. The molecule has 2 N–H and O–H groups in total. The van der Waals surface area contributed by atoms with Gasteiger partial charge in [-0.25, -0.2) is 0 Å². The van der Waals surface area contributed by atoms with Crippen LogP contribution in [0.4, 0.5) is 0 Å². The highest BCUT2D eigenvalue weighted by Crippen LogP contribution is 2.19. The summed E-state index contributed by atoms with van der Waals surface area (Å²) in [4.78, 5) is 12.1. The van der Waals surface area contributed by atoms with Gasteiger partial charge in [0.25, 0.3) is 5.91 Å². The molecule has 1 saturated heterocycles. The number of piperidine rings is 1. The molecule has 2 rings (SSSR count). The third kappa shape index (κ3) is 3.01. The maximum atomic E-state index is 12.1. The van der Waals surface area contributed by atoms with E-state index in [4.69, 9.17) is 4.74 Å². The maximum Gasteiger partial charge on any atom is 0.251 e. The smallest absolute Gasteiger partial charge is 0.251 e. The highest BCUT2D eigenvalue weighted by molar-refractivity contribution is 5.94. The van der Waals surface area contributed by atoms with Crippen molar-refractivity contribution in [1.29, 1.82) is 0 Å². The van der Waals surface area contributed by atoms with Crippen molar-refractivity contribution in [3.63, 3.8) is 0 Å². The Labute approximate surface area is 108 Å². The number of carbonyl (C=O) groups excluding carboxylic acids is 1. The van der Waals surface area contributed by atoms with Crippen molar-refractivity contribution in [2.24, 2.45) is 0 Å². The Balaban J connectivity index is 2.03. The van der Waals surface area contributed by atoms with Crippen molar-refractivity contribution in [3.05, 3.63) is 29.3 Å². The predicted octanol–water partition coefficient (Wildman–Crippen LogP) is 1.49. The standard InChI is InChI=1S/C14H20N2O2/c1-10-3-4-11(9-13(10)18-2)14(17)16-12-5-7-15-8-6-12/h3-4,9,12,15H,5-8H2,1-2H3,(H,16,17). The zero-order chi connectivity index (χ0) is 13.0. The first kappa shape index (κ1) is 12.9. The van der Waals surface area contributed by atoms with E-state index in [0.29, 0.717) is 5.56 Å². The molecule has 0 aromatic heterocycles. The molecule has 0 spiro atoms. The number of amides is 1. The summed E-state index contributed by atoms with van der Waals surface area (Å²) in [5.41, 5.74) is 1.70. The molecule has 0 radical (unpaired) electrons. The van der Waals surface area contributed by atoms with Crippen LogP contribution in [0, 0.1) is 6.92 Å². The van der Waals surface area contributed by atoms with Gasteiger partial charge < -0.3 is 15.4 Å². The number of carbonyl (C=O) groups is 1. The van der Waals surface area contributed by atoms with Gasteiger partial charge in [-0.3, -0.25) is 4.79 Å². The summed E-state index contributed by atoms with van der Waals surface area (Å²) < 4.78 is 5.24. The minimum atomic E-state index is -0.0137. The van der Waals surface area contributed by atoms with Crippen molar-refractivity contribution in [1.82, 2.24) is 10.6 Å². The van der Waals surface area contributed by atoms with Gasteiger partial charge >= 0.3 is 0 Å². The average Bonchev–Trinajstić information content (AvgIpc) is 2.40. The molecule has 0 saturated carbocycles. The van der Waals surface area contributed by atoms with E-state index < -0.39 is 0 Å². The zero-order valence-electron chi connectivity index (χ0n) is 11.0. The summed E-state index contributed by atoms with van der Waals surface area (Å²) in [5, 5.41) is 6.35. The monoisotopic (exact) mass is 248 g/mol. The van der Waals surface area contributed by atoms with Crippen LogP contribution < -0.4 is 15.4 Å². The molecule has 18 heavy (non-hydrogen) atoms. The van der Waals surface area contributed by atoms with Crippen molar-refractivity contribution in [2.45, 2.75) is 25.8 Å². The largest absolute Gasteiger partial charge is 0.496 e. The van der Waals surface area contributed by atoms with E-state index in [-0.39, 0.29) is 11.9 Å². The Bertz CT molecular complexity index is 426. The first-order valence-electron chi connectivity index (χ1n) is 6.37. The van der Waals surface area contributed by atoms with E-state index in [0.717, 1.165) is 37.2 Å². The number of hydrogen-bond acceptors (Lipinski definition) is 3. The van der Waals surface area contributed by atoms with Crippen LogP contribution in [0.15, 0.2) is 18.2 Å². The van der Waals surface area contributed by atoms with Gasteiger partial charge in [0.05, 0.1) is 7.11 Å². The molecule has 0 aliphatic carbocycles. The van der Waals surface area contributed by atoms with Crippen molar-refractivity contribution in [3.8, 4) is 5.75 Å². The number of aryl methyl sites for hydroxylation is 1. The molecular formula is C14H20N2O2. The molecular weight excluding hydrogens is 228 g/mol. The van der Waals surface area contributed by atoms with E-state index >= 15 is 0 Å². The van der Waals surface area contributed by atoms with Crippen LogP contribution in [0.2, 0.25) is 0 Å². The van der Waals surface area contributed by atoms with E-state index in [2.05, 4.69) is 10.6 Å². The number of methoxy groups -OCH3 is 1. The summed E-state index contributed by atoms with van der Waals surface area (Å²) in [6.07, 6.45) is 1.99. The molecule has 4 nitrogen and oxygen atoms in total. The van der Waals surface area contributed by atoms with Gasteiger partial charge in [-0.05, 0) is 50.6 Å². The fourth-order valence-corrected chi connectivity index (χ4v) is 2.20. The maximum absolute atomic E-state index is 12.1. The lowest BCUT2D eigenvalue weighted by Gasteiger charge is -2.23. The Morgan fingerprint density at radius 2 is 2.11 bits per heavy atom. The third-order valence-corrected chi connectivity index (χ3v) is 3.34. The third-order valence-electron chi connectivity index (χ3n) is 3.34. The van der Waals surface area contributed by atoms with Gasteiger partial charge in [0.1, 0.15) is 5.75 Å². The number of rotatable bonds is 3. The Hall–Kier alpha value is -1.55. The molecule has 1 amide bonds. The first-order chi connectivity index (χ1) is 8.70. The van der Waals surface area contributed by atoms with Crippen LogP contribution in [0.3, 0.4) is 0 Å². The lowest BCUT2D eigenvalue weighted by Crippen LogP contribution is -2.42. The van der Waals surface area contributed by atoms with E-state index in [1.165, 1.54) is 0 Å². The molecule has 1 heterocycles. The van der Waals surface area contributed by atoms with Gasteiger partial charge in [0, 0.05) is 11.6 Å². The van der Waals surface area contributed by atoms with Gasteiger partial charge in [0.15, 0.2) is 0 Å². The minimum absolute atomic E-state index is 0.0137. The predicted molar refractivity (Wildman–Crippen MR) is 71.1 cm³/mol. The number of nitrogens with one attached hydrogen (secondary N) is 2. The minimum Gasteiger partial charge on any atom is -0.496 e. The number of benzene rings is 1. The van der Waals surface area contributed by atoms with Crippen LogP contribution in [-0.4, -0.2) is 32.1 Å². The molecule has 0 bridgehead atoms. The topological polar surface area (TPSA) is 50.4 Å². The molecule has 0 atom stereocenters. The normalized spacial score (nSPS) is 16.3. The summed E-state index contributed by atoms with van der Waals surface area (Å²) in [6.45, 7) is 3.91. The molecule has 1 fully saturated rings. The second kappa shape index (κ2) is 5.87. The molecule has 4 heteroatoms. The highest BCUT2D eigenvalue weighted by atomic mass is 16.5. The van der Waals surface area contributed by atoms with Gasteiger partial charge in [-0.1, -0.05) is 6.07 Å². The van der Waals surface area contributed by atoms with Crippen LogP contribution in [-0.2, 0) is 0 Å². The van der Waals surface area contributed by atoms with Crippen LogP contribution in [0.25, 0.3) is 0 Å². The van der Waals surface area contributed by atoms with Gasteiger partial charge in [-0.15, -0.1) is 0 Å². The lowest BCUT2D eigenvalue weighted by molar-refractivity contribution is 0.0929. The Kier molecular flexibility index (Phi) is 4.20. The molecule has 1 aliphatic heterocycles. The van der Waals surface area contributed by atoms with Crippen molar-refractivity contribution < 1.29 is 9.53 Å². The summed E-state index contributed by atoms with van der Waals surface area (Å²) in [6, 6.07) is 5.84. The SMILES string of the molecule is COc1cc(C(=O)NC2CCNCC2)ccc1C. The zero-order valence-corrected chi connectivity index (χ0v) is 11.0. The molecule has 1 aromatic carbocycles.